The van der Waals surface area contributed by atoms with Crippen molar-refractivity contribution in [2.75, 3.05) is 20.8 Å². The molecule has 1 aromatic carbocycles. The molecule has 0 unspecified atom stereocenters. The first-order chi connectivity index (χ1) is 32.3. The van der Waals surface area contributed by atoms with E-state index >= 15 is 0 Å². The maximum absolute atomic E-state index is 14.0. The molecule has 3 aliphatic carbocycles. The maximum atomic E-state index is 14.0. The van der Waals surface area contributed by atoms with E-state index in [4.69, 9.17) is 42.6 Å². The number of allylic oxidation sites excluding steroid dienone is 1. The number of esters is 1. The Labute approximate surface area is 397 Å². The summed E-state index contributed by atoms with van der Waals surface area (Å²) in [7, 11) is 3.02. The highest BCUT2D eigenvalue weighted by Crippen LogP contribution is 2.57. The van der Waals surface area contributed by atoms with Gasteiger partial charge in [-0.2, -0.15) is 0 Å². The number of aliphatic hydroxyl groups is 5. The summed E-state index contributed by atoms with van der Waals surface area (Å²) >= 11 is 0. The number of carbonyl (C=O) groups excluding carboxylic acids is 4. The molecule has 0 radical (unpaired) electrons. The number of rotatable bonds is 16. The zero-order chi connectivity index (χ0) is 49.3. The predicted octanol–water partition coefficient (Wildman–Crippen LogP) is 2.51. The van der Waals surface area contributed by atoms with Gasteiger partial charge in [0, 0.05) is 63.2 Å². The van der Waals surface area contributed by atoms with Gasteiger partial charge in [0.25, 0.3) is 0 Å². The summed E-state index contributed by atoms with van der Waals surface area (Å²) in [5, 5.41) is 56.3. The number of aliphatic hydroxyl groups excluding tert-OH is 4. The number of hydrogen-bond donors (Lipinski definition) is 5. The molecule has 0 amide bonds. The number of benzene rings is 1. The summed E-state index contributed by atoms with van der Waals surface area (Å²) in [4.78, 5) is 54.2. The Hall–Kier alpha value is -3.34. The molecule has 5 fully saturated rings. The minimum Gasteiger partial charge on any atom is -0.458 e. The van der Waals surface area contributed by atoms with Gasteiger partial charge in [-0.3, -0.25) is 14.4 Å². The van der Waals surface area contributed by atoms with Crippen LogP contribution < -0.4 is 0 Å². The van der Waals surface area contributed by atoms with Crippen LogP contribution in [0.4, 0.5) is 0 Å². The third-order valence-corrected chi connectivity index (χ3v) is 15.9. The van der Waals surface area contributed by atoms with Gasteiger partial charge in [-0.25, -0.2) is 4.79 Å². The van der Waals surface area contributed by atoms with Crippen molar-refractivity contribution in [3.05, 3.63) is 54.1 Å². The molecular weight excluding hydrogens is 889 g/mol. The molecule has 0 aromatic heterocycles. The van der Waals surface area contributed by atoms with E-state index in [1.807, 2.05) is 30.3 Å². The topological polar surface area (TPSA) is 252 Å². The fourth-order valence-electron chi connectivity index (χ4n) is 11.6. The number of ether oxygens (including phenoxy) is 9. The molecule has 20 atom stereocenters. The largest absolute Gasteiger partial charge is 0.458 e. The van der Waals surface area contributed by atoms with Crippen LogP contribution >= 0.6 is 0 Å². The van der Waals surface area contributed by atoms with Crippen LogP contribution in [-0.2, 0) is 61.8 Å². The Morgan fingerprint density at radius 1 is 0.868 bits per heavy atom. The van der Waals surface area contributed by atoms with Crippen molar-refractivity contribution in [2.24, 2.45) is 22.7 Å². The molecule has 18 heteroatoms. The van der Waals surface area contributed by atoms with Crippen molar-refractivity contribution in [3.8, 4) is 0 Å². The van der Waals surface area contributed by atoms with Crippen LogP contribution in [0.1, 0.15) is 91.5 Å². The van der Waals surface area contributed by atoms with Gasteiger partial charge in [0.2, 0.25) is 0 Å². The zero-order valence-electron chi connectivity index (χ0n) is 39.9. The molecule has 5 N–H and O–H groups in total. The van der Waals surface area contributed by atoms with E-state index in [-0.39, 0.29) is 68.7 Å². The second-order valence-electron chi connectivity index (χ2n) is 19.9. The van der Waals surface area contributed by atoms with Crippen LogP contribution in [0.25, 0.3) is 6.08 Å². The number of carbonyl (C=O) groups is 4. The summed E-state index contributed by atoms with van der Waals surface area (Å²) in [6.07, 6.45) is -7.91. The van der Waals surface area contributed by atoms with Gasteiger partial charge >= 0.3 is 5.97 Å². The monoisotopic (exact) mass is 958 g/mol. The summed E-state index contributed by atoms with van der Waals surface area (Å²) in [6, 6.07) is 9.09. The van der Waals surface area contributed by atoms with Crippen LogP contribution in [-0.4, -0.2) is 167 Å². The lowest BCUT2D eigenvalue weighted by molar-refractivity contribution is -0.357. The molecule has 1 aromatic rings. The highest BCUT2D eigenvalue weighted by Gasteiger charge is 2.62. The van der Waals surface area contributed by atoms with E-state index in [9.17, 15) is 44.7 Å². The molecule has 18 nitrogen and oxygen atoms in total. The predicted molar refractivity (Wildman–Crippen MR) is 239 cm³/mol. The third-order valence-electron chi connectivity index (χ3n) is 15.9. The molecule has 3 saturated heterocycles. The molecule has 6 aliphatic rings. The number of methoxy groups -OCH3 is 2. The van der Waals surface area contributed by atoms with E-state index in [0.717, 1.165) is 5.56 Å². The third kappa shape index (κ3) is 10.5. The fourth-order valence-corrected chi connectivity index (χ4v) is 11.6. The van der Waals surface area contributed by atoms with Gasteiger partial charge in [0.1, 0.15) is 54.3 Å². The molecule has 2 saturated carbocycles. The number of fused-ring (bicyclic) bond motifs is 1. The second kappa shape index (κ2) is 21.6. The minimum atomic E-state index is -1.68. The van der Waals surface area contributed by atoms with Crippen LogP contribution in [0.3, 0.4) is 0 Å². The van der Waals surface area contributed by atoms with Crippen molar-refractivity contribution in [1.82, 2.24) is 0 Å². The lowest BCUT2D eigenvalue weighted by atomic mass is 9.52. The van der Waals surface area contributed by atoms with Gasteiger partial charge < -0.3 is 68.2 Å². The van der Waals surface area contributed by atoms with Gasteiger partial charge in [-0.1, -0.05) is 37.3 Å². The van der Waals surface area contributed by atoms with Gasteiger partial charge in [-0.15, -0.1) is 0 Å². The quantitative estimate of drug-likeness (QED) is 0.118. The minimum absolute atomic E-state index is 0.0698. The first-order valence-corrected chi connectivity index (χ1v) is 23.8. The van der Waals surface area contributed by atoms with Crippen molar-refractivity contribution >= 4 is 29.4 Å². The Kier molecular flexibility index (Phi) is 16.6. The van der Waals surface area contributed by atoms with Crippen LogP contribution in [0.5, 0.6) is 0 Å². The molecule has 68 heavy (non-hydrogen) atoms. The number of ketones is 3. The molecule has 378 valence electrons. The average molecular weight is 959 g/mol. The maximum Gasteiger partial charge on any atom is 0.331 e. The van der Waals surface area contributed by atoms with Crippen molar-refractivity contribution < 1.29 is 87.3 Å². The fraction of sp³-hybridized carbons (Fsp3) is 0.720. The standard InChI is InChI=1S/C50H70O18/c1-26(52)31-14-15-37(54)49(31,5)38(66-39(55)16-13-29-11-9-8-10-12-29)21-32-33(53)18-20-50(59)24-30(17-19-48(32,50)4)64-47-44(58)43(57)46(36(25-51)65-47)68-41-23-35(61-7)45(28(3)63-41)67-40-22-34(60-6)42(56)27(2)62-40/h8-13,16,18,20,27-28,30-32,34-36,38,40-47,51,56-59H,14-15,17,19,21-25H2,1-7H3/b16-13+/t27-,28-,30+,31-,32+,34+,35+,36-,38+,40+,41+,42-,43-,44-,45-,46-,47-,48-,49-,50+/m1/s1. The second-order valence-corrected chi connectivity index (χ2v) is 19.9. The lowest BCUT2D eigenvalue weighted by Gasteiger charge is -2.55. The molecule has 3 heterocycles. The Morgan fingerprint density at radius 3 is 2.19 bits per heavy atom. The summed E-state index contributed by atoms with van der Waals surface area (Å²) in [5.41, 5.74) is -3.53. The van der Waals surface area contributed by atoms with Crippen LogP contribution in [0.2, 0.25) is 0 Å². The number of hydrogen-bond acceptors (Lipinski definition) is 18. The Morgan fingerprint density at radius 2 is 1.53 bits per heavy atom. The van der Waals surface area contributed by atoms with Crippen LogP contribution in [0.15, 0.2) is 48.6 Å². The van der Waals surface area contributed by atoms with E-state index in [1.54, 1.807) is 33.8 Å². The first kappa shape index (κ1) is 52.5. The van der Waals surface area contributed by atoms with Gasteiger partial charge in [0.15, 0.2) is 24.7 Å². The molecule has 0 bridgehead atoms. The van der Waals surface area contributed by atoms with Gasteiger partial charge in [-0.05, 0) is 77.2 Å². The highest BCUT2D eigenvalue weighted by atomic mass is 16.7. The normalized spacial score (nSPS) is 43.6. The van der Waals surface area contributed by atoms with Gasteiger partial charge in [0.05, 0.1) is 48.1 Å². The van der Waals surface area contributed by atoms with E-state index < -0.39 is 133 Å². The Balaban J connectivity index is 1.01. The zero-order valence-corrected chi connectivity index (χ0v) is 39.9. The summed E-state index contributed by atoms with van der Waals surface area (Å²) < 4.78 is 54.2. The molecule has 7 rings (SSSR count). The first-order valence-electron chi connectivity index (χ1n) is 23.8. The SMILES string of the molecule is CO[C@H]1C[C@H](O[C@H]2[C@@H](OC)C[C@H](O[C@H]3[C@H](O)[C@@H](O)[C@H](O[C@H]4CC[C@]5(C)[C@@H](C[C@H](OC(=O)/C=C/c6ccccc6)[C@@]6(C)C(=O)CC[C@@H]6C(C)=O)C(=O)C=C[C@]5(O)C4)O[C@@H]3CO)O[C@@H]2C)O[C@H](C)[C@H]1O. The summed E-state index contributed by atoms with van der Waals surface area (Å²) in [6.45, 7) is 7.66. The Bertz CT molecular complexity index is 1990. The number of Topliss-reactive ketones (excluding diaryl/α,β-unsaturated/α-hetero) is 2. The smallest absolute Gasteiger partial charge is 0.331 e. The molecular formula is C50H70O18. The van der Waals surface area contributed by atoms with Crippen molar-refractivity contribution in [3.63, 3.8) is 0 Å². The molecule has 3 aliphatic heterocycles. The lowest BCUT2D eigenvalue weighted by Crippen LogP contribution is -2.63. The van der Waals surface area contributed by atoms with E-state index in [0.29, 0.717) is 0 Å². The molecule has 0 spiro atoms. The highest BCUT2D eigenvalue weighted by molar-refractivity contribution is 5.97. The van der Waals surface area contributed by atoms with Crippen molar-refractivity contribution in [2.45, 2.75) is 184 Å². The average Bonchev–Trinajstić information content (AvgIpc) is 3.62. The van der Waals surface area contributed by atoms with Crippen molar-refractivity contribution in [1.29, 1.82) is 0 Å². The van der Waals surface area contributed by atoms with E-state index in [1.165, 1.54) is 39.4 Å². The van der Waals surface area contributed by atoms with E-state index in [2.05, 4.69) is 0 Å². The van der Waals surface area contributed by atoms with Crippen LogP contribution in [0, 0.1) is 22.7 Å². The summed E-state index contributed by atoms with van der Waals surface area (Å²) in [5.74, 6) is -3.25.